The van der Waals surface area contributed by atoms with Gasteiger partial charge in [0, 0.05) is 0 Å². The number of nitrogen functional groups attached to an aromatic ring is 1. The van der Waals surface area contributed by atoms with E-state index in [0.29, 0.717) is 10.8 Å². The molecule has 0 bridgehead atoms. The van der Waals surface area contributed by atoms with Crippen LogP contribution in [0.2, 0.25) is 5.02 Å². The number of aromatic nitrogens is 2. The van der Waals surface area contributed by atoms with Crippen molar-refractivity contribution < 1.29 is 0 Å². The molecule has 0 fully saturated rings. The van der Waals surface area contributed by atoms with E-state index in [1.165, 1.54) is 16.7 Å². The van der Waals surface area contributed by atoms with Crippen LogP contribution in [0.25, 0.3) is 0 Å². The number of rotatable bonds is 2. The molecule has 1 unspecified atom stereocenters. The third-order valence-corrected chi connectivity index (χ3v) is 3.77. The van der Waals surface area contributed by atoms with Crippen molar-refractivity contribution in [1.29, 1.82) is 0 Å². The second-order valence-electron chi connectivity index (χ2n) is 4.77. The van der Waals surface area contributed by atoms with E-state index in [4.69, 9.17) is 17.3 Å². The lowest BCUT2D eigenvalue weighted by Gasteiger charge is -2.17. The lowest BCUT2D eigenvalue weighted by Crippen LogP contribution is -2.13. The molecule has 1 aromatic carbocycles. The van der Waals surface area contributed by atoms with Crippen molar-refractivity contribution in [2.75, 3.05) is 5.73 Å². The van der Waals surface area contributed by atoms with Crippen LogP contribution in [0.1, 0.15) is 35.3 Å². The SMILES string of the molecule is Cc1ccc(C)c(C(C)n2nc(C)c(Cl)c2N)c1. The fourth-order valence-corrected chi connectivity index (χ4v) is 2.31. The van der Waals surface area contributed by atoms with Gasteiger partial charge in [0.25, 0.3) is 0 Å². The number of hydrogen-bond acceptors (Lipinski definition) is 2. The predicted molar refractivity (Wildman–Crippen MR) is 76.1 cm³/mol. The van der Waals surface area contributed by atoms with Crippen molar-refractivity contribution in [3.63, 3.8) is 0 Å². The zero-order valence-corrected chi connectivity index (χ0v) is 11.9. The maximum Gasteiger partial charge on any atom is 0.141 e. The van der Waals surface area contributed by atoms with Gasteiger partial charge in [-0.3, -0.25) is 0 Å². The first-order valence-corrected chi connectivity index (χ1v) is 6.37. The minimum atomic E-state index is 0.0797. The van der Waals surface area contributed by atoms with Gasteiger partial charge in [-0.15, -0.1) is 0 Å². The summed E-state index contributed by atoms with van der Waals surface area (Å²) in [6, 6.07) is 6.48. The summed E-state index contributed by atoms with van der Waals surface area (Å²) in [5.74, 6) is 0.530. The Hall–Kier alpha value is -1.48. The Bertz CT molecular complexity index is 587. The molecule has 96 valence electrons. The van der Waals surface area contributed by atoms with Crippen LogP contribution in [0.15, 0.2) is 18.2 Å². The lowest BCUT2D eigenvalue weighted by atomic mass is 10.0. The topological polar surface area (TPSA) is 43.8 Å². The molecular weight excluding hydrogens is 246 g/mol. The summed E-state index contributed by atoms with van der Waals surface area (Å²) in [5, 5.41) is 4.96. The molecule has 2 N–H and O–H groups in total. The fourth-order valence-electron chi connectivity index (χ4n) is 2.18. The summed E-state index contributed by atoms with van der Waals surface area (Å²) in [7, 11) is 0. The van der Waals surface area contributed by atoms with E-state index >= 15 is 0 Å². The van der Waals surface area contributed by atoms with Crippen LogP contribution < -0.4 is 5.73 Å². The summed E-state index contributed by atoms with van der Waals surface area (Å²) < 4.78 is 1.79. The number of hydrogen-bond donors (Lipinski definition) is 1. The number of benzene rings is 1. The van der Waals surface area contributed by atoms with Gasteiger partial charge in [0.1, 0.15) is 10.8 Å². The maximum absolute atomic E-state index is 6.09. The Kier molecular flexibility index (Phi) is 3.35. The van der Waals surface area contributed by atoms with Crippen molar-refractivity contribution >= 4 is 17.4 Å². The highest BCUT2D eigenvalue weighted by Gasteiger charge is 2.17. The molecule has 0 saturated carbocycles. The monoisotopic (exact) mass is 263 g/mol. The first-order valence-electron chi connectivity index (χ1n) is 5.99. The molecule has 0 aliphatic carbocycles. The Balaban J connectivity index is 2.50. The number of halogens is 1. The van der Waals surface area contributed by atoms with E-state index in [1.54, 1.807) is 4.68 Å². The zero-order chi connectivity index (χ0) is 13.4. The second kappa shape index (κ2) is 4.65. The normalized spacial score (nSPS) is 12.7. The molecule has 4 heteroatoms. The molecule has 3 nitrogen and oxygen atoms in total. The van der Waals surface area contributed by atoms with Gasteiger partial charge in [0.15, 0.2) is 0 Å². The van der Waals surface area contributed by atoms with Crippen molar-refractivity contribution in [1.82, 2.24) is 9.78 Å². The van der Waals surface area contributed by atoms with E-state index in [9.17, 15) is 0 Å². The quantitative estimate of drug-likeness (QED) is 0.899. The Labute approximate surface area is 113 Å². The smallest absolute Gasteiger partial charge is 0.141 e. The molecule has 0 radical (unpaired) electrons. The van der Waals surface area contributed by atoms with Gasteiger partial charge in [-0.05, 0) is 38.8 Å². The highest BCUT2D eigenvalue weighted by Crippen LogP contribution is 2.29. The van der Waals surface area contributed by atoms with Gasteiger partial charge >= 0.3 is 0 Å². The molecule has 0 spiro atoms. The molecule has 1 heterocycles. The van der Waals surface area contributed by atoms with Crippen molar-refractivity contribution in [2.45, 2.75) is 33.7 Å². The van der Waals surface area contributed by atoms with E-state index < -0.39 is 0 Å². The molecule has 0 aliphatic rings. The standard InChI is InChI=1S/C14H18ClN3/c1-8-5-6-9(2)12(7-8)11(4)18-14(16)13(15)10(3)17-18/h5-7,11H,16H2,1-4H3. The summed E-state index contributed by atoms with van der Waals surface area (Å²) in [6.45, 7) is 8.13. The molecule has 2 aromatic rings. The molecular formula is C14H18ClN3. The van der Waals surface area contributed by atoms with Crippen molar-refractivity contribution in [3.8, 4) is 0 Å². The van der Waals surface area contributed by atoms with Crippen LogP contribution in [-0.4, -0.2) is 9.78 Å². The molecule has 18 heavy (non-hydrogen) atoms. The van der Waals surface area contributed by atoms with E-state index in [0.717, 1.165) is 5.69 Å². The van der Waals surface area contributed by atoms with Gasteiger partial charge in [0.05, 0.1) is 11.7 Å². The van der Waals surface area contributed by atoms with Crippen LogP contribution in [0, 0.1) is 20.8 Å². The average Bonchev–Trinajstić information content (AvgIpc) is 2.59. The highest BCUT2D eigenvalue weighted by molar-refractivity contribution is 6.33. The van der Waals surface area contributed by atoms with Crippen LogP contribution in [-0.2, 0) is 0 Å². The van der Waals surface area contributed by atoms with Crippen LogP contribution >= 0.6 is 11.6 Å². The zero-order valence-electron chi connectivity index (χ0n) is 11.2. The molecule has 0 amide bonds. The summed E-state index contributed by atoms with van der Waals surface area (Å²) >= 11 is 6.09. The number of aryl methyl sites for hydroxylation is 3. The van der Waals surface area contributed by atoms with E-state index in [2.05, 4.69) is 44.1 Å². The van der Waals surface area contributed by atoms with Gasteiger partial charge in [-0.2, -0.15) is 5.10 Å². The average molecular weight is 264 g/mol. The van der Waals surface area contributed by atoms with Crippen molar-refractivity contribution in [2.24, 2.45) is 0 Å². The molecule has 0 aliphatic heterocycles. The van der Waals surface area contributed by atoms with Crippen LogP contribution in [0.5, 0.6) is 0 Å². The third-order valence-electron chi connectivity index (χ3n) is 3.30. The van der Waals surface area contributed by atoms with Crippen LogP contribution in [0.3, 0.4) is 0 Å². The predicted octanol–water partition coefficient (Wildman–Crippen LogP) is 3.65. The van der Waals surface area contributed by atoms with Crippen LogP contribution in [0.4, 0.5) is 5.82 Å². The molecule has 1 aromatic heterocycles. The third kappa shape index (κ3) is 2.10. The van der Waals surface area contributed by atoms with E-state index in [1.807, 2.05) is 6.92 Å². The van der Waals surface area contributed by atoms with Gasteiger partial charge < -0.3 is 5.73 Å². The number of anilines is 1. The largest absolute Gasteiger partial charge is 0.383 e. The first-order chi connectivity index (χ1) is 8.41. The number of nitrogens with zero attached hydrogens (tertiary/aromatic N) is 2. The Morgan fingerprint density at radius 1 is 1.28 bits per heavy atom. The van der Waals surface area contributed by atoms with Gasteiger partial charge in [-0.1, -0.05) is 35.4 Å². The molecule has 1 atom stereocenters. The lowest BCUT2D eigenvalue weighted by molar-refractivity contribution is 0.566. The second-order valence-corrected chi connectivity index (χ2v) is 5.14. The Morgan fingerprint density at radius 3 is 2.50 bits per heavy atom. The fraction of sp³-hybridized carbons (Fsp3) is 0.357. The molecule has 2 rings (SSSR count). The minimum Gasteiger partial charge on any atom is -0.383 e. The van der Waals surface area contributed by atoms with Crippen molar-refractivity contribution in [3.05, 3.63) is 45.6 Å². The summed E-state index contributed by atoms with van der Waals surface area (Å²) in [4.78, 5) is 0. The summed E-state index contributed by atoms with van der Waals surface area (Å²) in [6.07, 6.45) is 0. The summed E-state index contributed by atoms with van der Waals surface area (Å²) in [5.41, 5.74) is 10.5. The number of nitrogens with two attached hydrogens (primary N) is 1. The highest BCUT2D eigenvalue weighted by atomic mass is 35.5. The van der Waals surface area contributed by atoms with Gasteiger partial charge in [-0.25, -0.2) is 4.68 Å². The first kappa shape index (κ1) is 13.0. The molecule has 0 saturated heterocycles. The minimum absolute atomic E-state index is 0.0797. The maximum atomic E-state index is 6.09. The Morgan fingerprint density at radius 2 is 1.94 bits per heavy atom. The van der Waals surface area contributed by atoms with E-state index in [-0.39, 0.29) is 6.04 Å². The van der Waals surface area contributed by atoms with Gasteiger partial charge in [0.2, 0.25) is 0 Å².